The highest BCUT2D eigenvalue weighted by Gasteiger charge is 2.29. The van der Waals surface area contributed by atoms with E-state index in [0.717, 1.165) is 18.4 Å². The molecular weight excluding hydrogens is 394 g/mol. The molecular formula is C13H18ClN3O6S2. The fourth-order valence-electron chi connectivity index (χ4n) is 2.58. The van der Waals surface area contributed by atoms with Gasteiger partial charge in [-0.3, -0.25) is 10.1 Å². The number of hydrogen-bond donors (Lipinski definition) is 1. The summed E-state index contributed by atoms with van der Waals surface area (Å²) in [4.78, 5) is 10.1. The van der Waals surface area contributed by atoms with E-state index in [1.165, 1.54) is 11.2 Å². The second-order valence-electron chi connectivity index (χ2n) is 5.86. The molecule has 1 aliphatic heterocycles. The van der Waals surface area contributed by atoms with E-state index in [9.17, 15) is 26.9 Å². The molecule has 0 saturated carbocycles. The lowest BCUT2D eigenvalue weighted by molar-refractivity contribution is -0.385. The normalized spacial score (nSPS) is 17.6. The highest BCUT2D eigenvalue weighted by molar-refractivity contribution is 7.89. The van der Waals surface area contributed by atoms with Crippen LogP contribution in [0.1, 0.15) is 18.4 Å². The van der Waals surface area contributed by atoms with Gasteiger partial charge in [0.05, 0.1) is 21.1 Å². The van der Waals surface area contributed by atoms with Gasteiger partial charge in [-0.2, -0.15) is 0 Å². The van der Waals surface area contributed by atoms with Gasteiger partial charge in [-0.15, -0.1) is 0 Å². The van der Waals surface area contributed by atoms with Gasteiger partial charge >= 0.3 is 0 Å². The number of nitro benzene ring substituents is 1. The third-order valence-electron chi connectivity index (χ3n) is 4.04. The van der Waals surface area contributed by atoms with E-state index in [4.69, 9.17) is 11.6 Å². The van der Waals surface area contributed by atoms with Crippen LogP contribution in [0.25, 0.3) is 0 Å². The monoisotopic (exact) mass is 411 g/mol. The first-order valence-electron chi connectivity index (χ1n) is 7.34. The number of nitrogens with zero attached hydrogens (tertiary/aromatic N) is 2. The molecule has 0 unspecified atom stereocenters. The summed E-state index contributed by atoms with van der Waals surface area (Å²) in [7, 11) is -7.32. The Morgan fingerprint density at radius 3 is 2.28 bits per heavy atom. The average molecular weight is 412 g/mol. The van der Waals surface area contributed by atoms with Gasteiger partial charge in [0.1, 0.15) is 0 Å². The zero-order chi connectivity index (χ0) is 19.0. The number of benzene rings is 1. The molecule has 0 radical (unpaired) electrons. The van der Waals surface area contributed by atoms with Crippen LogP contribution in [0.3, 0.4) is 0 Å². The maximum Gasteiger partial charge on any atom is 0.275 e. The molecule has 2 rings (SSSR count). The van der Waals surface area contributed by atoms with Crippen LogP contribution in [0.2, 0.25) is 5.02 Å². The fourth-order valence-corrected chi connectivity index (χ4v) is 5.08. The van der Waals surface area contributed by atoms with Crippen LogP contribution in [0.15, 0.2) is 17.0 Å². The van der Waals surface area contributed by atoms with Crippen LogP contribution in [0, 0.1) is 17.0 Å². The van der Waals surface area contributed by atoms with Crippen molar-refractivity contribution >= 4 is 37.3 Å². The Labute approximate surface area is 151 Å². The van der Waals surface area contributed by atoms with E-state index in [0.29, 0.717) is 12.8 Å². The van der Waals surface area contributed by atoms with Crippen molar-refractivity contribution in [3.63, 3.8) is 0 Å². The Morgan fingerprint density at radius 2 is 1.80 bits per heavy atom. The third-order valence-corrected chi connectivity index (χ3v) is 7.24. The molecule has 0 amide bonds. The van der Waals surface area contributed by atoms with E-state index in [-0.39, 0.29) is 34.3 Å². The number of hydrogen-bond acceptors (Lipinski definition) is 6. The second kappa shape index (κ2) is 7.16. The van der Waals surface area contributed by atoms with Crippen molar-refractivity contribution in [2.45, 2.75) is 30.7 Å². The van der Waals surface area contributed by atoms with Crippen LogP contribution in [-0.4, -0.2) is 51.5 Å². The van der Waals surface area contributed by atoms with E-state index >= 15 is 0 Å². The number of nitrogens with one attached hydrogen (secondary N) is 1. The smallest absolute Gasteiger partial charge is 0.258 e. The zero-order valence-corrected chi connectivity index (χ0v) is 16.0. The molecule has 1 N–H and O–H groups in total. The molecule has 1 aliphatic rings. The first-order chi connectivity index (χ1) is 11.4. The minimum absolute atomic E-state index is 0.0125. The summed E-state index contributed by atoms with van der Waals surface area (Å²) in [6.07, 6.45) is 1.73. The Hall–Kier alpha value is -1.27. The molecule has 0 spiro atoms. The van der Waals surface area contributed by atoms with E-state index in [1.807, 2.05) is 0 Å². The zero-order valence-electron chi connectivity index (χ0n) is 13.6. The van der Waals surface area contributed by atoms with E-state index < -0.39 is 31.0 Å². The highest BCUT2D eigenvalue weighted by atomic mass is 35.5. The Kier molecular flexibility index (Phi) is 5.74. The SMILES string of the molecule is Cc1c(Cl)cc(S(=O)(=O)NC2CCN(S(C)(=O)=O)CC2)cc1[N+](=O)[O-]. The number of sulfonamides is 2. The third kappa shape index (κ3) is 4.67. The predicted octanol–water partition coefficient (Wildman–Crippen LogP) is 1.26. The van der Waals surface area contributed by atoms with Crippen molar-refractivity contribution < 1.29 is 21.8 Å². The molecule has 1 fully saturated rings. The van der Waals surface area contributed by atoms with E-state index in [2.05, 4.69) is 4.72 Å². The lowest BCUT2D eigenvalue weighted by Gasteiger charge is -2.30. The quantitative estimate of drug-likeness (QED) is 0.574. The van der Waals surface area contributed by atoms with Gasteiger partial charge in [-0.1, -0.05) is 11.6 Å². The summed E-state index contributed by atoms with van der Waals surface area (Å²) >= 11 is 5.91. The van der Waals surface area contributed by atoms with Gasteiger partial charge in [0.15, 0.2) is 0 Å². The molecule has 0 aromatic heterocycles. The van der Waals surface area contributed by atoms with Gasteiger partial charge in [-0.05, 0) is 25.8 Å². The molecule has 25 heavy (non-hydrogen) atoms. The molecule has 1 saturated heterocycles. The highest BCUT2D eigenvalue weighted by Crippen LogP contribution is 2.30. The van der Waals surface area contributed by atoms with Crippen LogP contribution < -0.4 is 4.72 Å². The maximum absolute atomic E-state index is 12.5. The number of nitro groups is 1. The molecule has 0 aliphatic carbocycles. The summed E-state index contributed by atoms with van der Waals surface area (Å²) in [6.45, 7) is 1.85. The van der Waals surface area contributed by atoms with Crippen molar-refractivity contribution in [2.75, 3.05) is 19.3 Å². The Bertz CT molecular complexity index is 893. The van der Waals surface area contributed by atoms with Crippen LogP contribution in [-0.2, 0) is 20.0 Å². The molecule has 9 nitrogen and oxygen atoms in total. The van der Waals surface area contributed by atoms with Crippen molar-refractivity contribution in [3.05, 3.63) is 32.8 Å². The summed E-state index contributed by atoms with van der Waals surface area (Å²) < 4.78 is 51.7. The predicted molar refractivity (Wildman–Crippen MR) is 92.6 cm³/mol. The average Bonchev–Trinajstić information content (AvgIpc) is 2.48. The van der Waals surface area contributed by atoms with Gasteiger partial charge < -0.3 is 0 Å². The van der Waals surface area contributed by atoms with Gasteiger partial charge in [0.2, 0.25) is 20.0 Å². The number of rotatable bonds is 5. The summed E-state index contributed by atoms with van der Waals surface area (Å²) in [6, 6.07) is 1.68. The van der Waals surface area contributed by atoms with Crippen molar-refractivity contribution in [3.8, 4) is 0 Å². The molecule has 0 atom stereocenters. The number of piperidine rings is 1. The topological polar surface area (TPSA) is 127 Å². The minimum atomic E-state index is -4.01. The summed E-state index contributed by atoms with van der Waals surface area (Å²) in [5, 5.41) is 11.0. The standard InChI is InChI=1S/C13H18ClN3O6S2/c1-9-12(14)7-11(8-13(9)17(18)19)25(22,23)15-10-3-5-16(6-4-10)24(2,20)21/h7-8,10,15H,3-6H2,1-2H3. The van der Waals surface area contributed by atoms with Crippen molar-refractivity contribution in [1.29, 1.82) is 0 Å². The van der Waals surface area contributed by atoms with Crippen LogP contribution >= 0.6 is 11.6 Å². The Morgan fingerprint density at radius 1 is 1.24 bits per heavy atom. The molecule has 12 heteroatoms. The van der Waals surface area contributed by atoms with Crippen LogP contribution in [0.5, 0.6) is 0 Å². The molecule has 140 valence electrons. The van der Waals surface area contributed by atoms with Gasteiger partial charge in [-0.25, -0.2) is 25.9 Å². The van der Waals surface area contributed by atoms with Crippen LogP contribution in [0.4, 0.5) is 5.69 Å². The van der Waals surface area contributed by atoms with Crippen molar-refractivity contribution in [2.24, 2.45) is 0 Å². The molecule has 1 aromatic carbocycles. The fraction of sp³-hybridized carbons (Fsp3) is 0.538. The minimum Gasteiger partial charge on any atom is -0.258 e. The van der Waals surface area contributed by atoms with E-state index in [1.54, 1.807) is 0 Å². The molecule has 1 aromatic rings. The first-order valence-corrected chi connectivity index (χ1v) is 11.0. The largest absolute Gasteiger partial charge is 0.275 e. The maximum atomic E-state index is 12.5. The van der Waals surface area contributed by atoms with Crippen molar-refractivity contribution in [1.82, 2.24) is 9.03 Å². The Balaban J connectivity index is 2.20. The first kappa shape index (κ1) is 20.0. The van der Waals surface area contributed by atoms with Gasteiger partial charge in [0, 0.05) is 30.8 Å². The second-order valence-corrected chi connectivity index (χ2v) is 9.97. The molecule has 1 heterocycles. The molecule has 0 bridgehead atoms. The number of halogens is 1. The summed E-state index contributed by atoms with van der Waals surface area (Å²) in [5.74, 6) is 0. The summed E-state index contributed by atoms with van der Waals surface area (Å²) in [5.41, 5.74) is -0.188. The lowest BCUT2D eigenvalue weighted by Crippen LogP contribution is -2.46. The van der Waals surface area contributed by atoms with Gasteiger partial charge in [0.25, 0.3) is 5.69 Å². The lowest BCUT2D eigenvalue weighted by atomic mass is 10.1.